The molecule has 0 radical (unpaired) electrons. The Balaban J connectivity index is 1.40. The summed E-state index contributed by atoms with van der Waals surface area (Å²) in [6.45, 7) is 8.51. The lowest BCUT2D eigenvalue weighted by Gasteiger charge is -2.36. The van der Waals surface area contributed by atoms with E-state index in [2.05, 4.69) is 5.32 Å². The van der Waals surface area contributed by atoms with Crippen molar-refractivity contribution in [1.29, 1.82) is 0 Å². The van der Waals surface area contributed by atoms with Gasteiger partial charge in [0.2, 0.25) is 5.91 Å². The third-order valence-electron chi connectivity index (χ3n) is 6.55. The van der Waals surface area contributed by atoms with Crippen LogP contribution in [0.25, 0.3) is 0 Å². The van der Waals surface area contributed by atoms with E-state index in [1.54, 1.807) is 11.0 Å². The largest absolute Gasteiger partial charge is 0.378 e. The zero-order valence-corrected chi connectivity index (χ0v) is 20.2. The predicted octanol–water partition coefficient (Wildman–Crippen LogP) is 2.44. The third-order valence-corrected chi connectivity index (χ3v) is 6.55. The summed E-state index contributed by atoms with van der Waals surface area (Å²) in [6.07, 6.45) is 0. The maximum atomic E-state index is 13.4. The predicted molar refractivity (Wildman–Crippen MR) is 133 cm³/mol. The Morgan fingerprint density at radius 1 is 1.00 bits per heavy atom. The molecule has 2 aromatic carbocycles. The quantitative estimate of drug-likeness (QED) is 0.499. The van der Waals surface area contributed by atoms with Crippen molar-refractivity contribution in [2.24, 2.45) is 0 Å². The van der Waals surface area contributed by atoms with Gasteiger partial charge in [-0.15, -0.1) is 0 Å². The topological polar surface area (TPSA) is 108 Å². The number of ether oxygens (including phenoxy) is 1. The van der Waals surface area contributed by atoms with Gasteiger partial charge in [0, 0.05) is 57.1 Å². The van der Waals surface area contributed by atoms with Crippen LogP contribution >= 0.6 is 0 Å². The van der Waals surface area contributed by atoms with E-state index in [1.165, 1.54) is 12.1 Å². The fourth-order valence-electron chi connectivity index (χ4n) is 4.56. The van der Waals surface area contributed by atoms with Crippen molar-refractivity contribution >= 4 is 28.9 Å². The van der Waals surface area contributed by atoms with Crippen LogP contribution in [0.15, 0.2) is 36.4 Å². The van der Waals surface area contributed by atoms with Gasteiger partial charge in [0.05, 0.1) is 35.9 Å². The number of aryl methyl sites for hydroxylation is 2. The standard InChI is InChI=1S/C25H31N5O5/c1-18-4-3-5-19(2)24(18)26-23(31)17-27-8-10-29(11-9-27)25(32)21-16-20(30(33)34)6-7-22(21)28-12-14-35-15-13-28/h3-7,16H,8-15,17H2,1-2H3,(H,26,31). The number of rotatable bonds is 6. The number of amides is 2. The molecule has 186 valence electrons. The summed E-state index contributed by atoms with van der Waals surface area (Å²) in [7, 11) is 0. The van der Waals surface area contributed by atoms with Crippen molar-refractivity contribution < 1.29 is 19.2 Å². The van der Waals surface area contributed by atoms with Gasteiger partial charge in [0.1, 0.15) is 0 Å². The van der Waals surface area contributed by atoms with Crippen LogP contribution in [0.3, 0.4) is 0 Å². The number of carbonyl (C=O) groups is 2. The number of morpholine rings is 1. The fourth-order valence-corrected chi connectivity index (χ4v) is 4.56. The Bertz CT molecular complexity index is 1090. The van der Waals surface area contributed by atoms with Gasteiger partial charge in [-0.2, -0.15) is 0 Å². The fraction of sp³-hybridized carbons (Fsp3) is 0.440. The van der Waals surface area contributed by atoms with Gasteiger partial charge in [0.25, 0.3) is 11.6 Å². The molecule has 10 heteroatoms. The lowest BCUT2D eigenvalue weighted by Crippen LogP contribution is -2.50. The van der Waals surface area contributed by atoms with Gasteiger partial charge < -0.3 is 19.9 Å². The molecule has 0 unspecified atom stereocenters. The summed E-state index contributed by atoms with van der Waals surface area (Å²) >= 11 is 0. The van der Waals surface area contributed by atoms with Gasteiger partial charge in [-0.3, -0.25) is 24.6 Å². The van der Waals surface area contributed by atoms with E-state index in [1.807, 2.05) is 41.8 Å². The number of hydrogen-bond acceptors (Lipinski definition) is 7. The number of nitro groups is 1. The number of nitrogens with zero attached hydrogens (tertiary/aromatic N) is 4. The Hall–Kier alpha value is -3.50. The number of hydrogen-bond donors (Lipinski definition) is 1. The van der Waals surface area contributed by atoms with E-state index in [9.17, 15) is 19.7 Å². The van der Waals surface area contributed by atoms with Gasteiger partial charge in [-0.25, -0.2) is 0 Å². The zero-order chi connectivity index (χ0) is 24.9. The van der Waals surface area contributed by atoms with E-state index in [4.69, 9.17) is 4.74 Å². The van der Waals surface area contributed by atoms with E-state index in [0.717, 1.165) is 16.8 Å². The number of carbonyl (C=O) groups excluding carboxylic acids is 2. The van der Waals surface area contributed by atoms with E-state index in [-0.39, 0.29) is 24.0 Å². The van der Waals surface area contributed by atoms with Crippen molar-refractivity contribution in [2.75, 3.05) is 69.2 Å². The summed E-state index contributed by atoms with van der Waals surface area (Å²) in [5.74, 6) is -0.315. The third kappa shape index (κ3) is 5.77. The molecule has 2 aliphatic rings. The molecular weight excluding hydrogens is 450 g/mol. The zero-order valence-electron chi connectivity index (χ0n) is 20.2. The molecule has 0 bridgehead atoms. The first-order valence-electron chi connectivity index (χ1n) is 11.8. The number of para-hydroxylation sites is 1. The van der Waals surface area contributed by atoms with Crippen molar-refractivity contribution in [3.63, 3.8) is 0 Å². The first kappa shape index (κ1) is 24.6. The molecule has 0 spiro atoms. The van der Waals surface area contributed by atoms with Gasteiger partial charge in [-0.1, -0.05) is 18.2 Å². The second kappa shape index (κ2) is 10.8. The van der Waals surface area contributed by atoms with Crippen molar-refractivity contribution in [3.05, 3.63) is 63.2 Å². The highest BCUT2D eigenvalue weighted by molar-refractivity contribution is 6.00. The highest BCUT2D eigenvalue weighted by Gasteiger charge is 2.28. The molecule has 2 saturated heterocycles. The normalized spacial score (nSPS) is 16.7. The van der Waals surface area contributed by atoms with Crippen LogP contribution < -0.4 is 10.2 Å². The highest BCUT2D eigenvalue weighted by atomic mass is 16.6. The Morgan fingerprint density at radius 2 is 1.66 bits per heavy atom. The average molecular weight is 482 g/mol. The molecule has 2 aliphatic heterocycles. The molecule has 1 N–H and O–H groups in total. The summed E-state index contributed by atoms with van der Waals surface area (Å²) in [4.78, 5) is 42.7. The molecule has 0 aliphatic carbocycles. The molecule has 2 amide bonds. The lowest BCUT2D eigenvalue weighted by molar-refractivity contribution is -0.384. The lowest BCUT2D eigenvalue weighted by atomic mass is 10.1. The van der Waals surface area contributed by atoms with Crippen LogP contribution in [0.5, 0.6) is 0 Å². The number of non-ortho nitro benzene ring substituents is 1. The molecule has 0 atom stereocenters. The van der Waals surface area contributed by atoms with Crippen molar-refractivity contribution in [1.82, 2.24) is 9.80 Å². The molecule has 0 saturated carbocycles. The number of nitrogens with one attached hydrogen (secondary N) is 1. The van der Waals surface area contributed by atoms with E-state index in [0.29, 0.717) is 63.7 Å². The van der Waals surface area contributed by atoms with E-state index < -0.39 is 4.92 Å². The summed E-state index contributed by atoms with van der Waals surface area (Å²) in [5.41, 5.74) is 3.80. The summed E-state index contributed by atoms with van der Waals surface area (Å²) in [6, 6.07) is 10.4. The minimum atomic E-state index is -0.480. The first-order chi connectivity index (χ1) is 16.8. The molecule has 2 fully saturated rings. The molecule has 2 heterocycles. The van der Waals surface area contributed by atoms with Gasteiger partial charge in [0.15, 0.2) is 0 Å². The second-order valence-electron chi connectivity index (χ2n) is 8.94. The Morgan fingerprint density at radius 3 is 2.29 bits per heavy atom. The van der Waals surface area contributed by atoms with Crippen LogP contribution in [0.2, 0.25) is 0 Å². The summed E-state index contributed by atoms with van der Waals surface area (Å²) in [5, 5.41) is 14.4. The van der Waals surface area contributed by atoms with Crippen molar-refractivity contribution in [2.45, 2.75) is 13.8 Å². The summed E-state index contributed by atoms with van der Waals surface area (Å²) < 4.78 is 5.41. The maximum absolute atomic E-state index is 13.4. The Kier molecular flexibility index (Phi) is 7.62. The minimum absolute atomic E-state index is 0.0875. The monoisotopic (exact) mass is 481 g/mol. The number of benzene rings is 2. The first-order valence-corrected chi connectivity index (χ1v) is 11.8. The molecule has 35 heavy (non-hydrogen) atoms. The van der Waals surface area contributed by atoms with Crippen LogP contribution in [0.4, 0.5) is 17.1 Å². The Labute approximate surface area is 204 Å². The highest BCUT2D eigenvalue weighted by Crippen LogP contribution is 2.28. The second-order valence-corrected chi connectivity index (χ2v) is 8.94. The SMILES string of the molecule is Cc1cccc(C)c1NC(=O)CN1CCN(C(=O)c2cc([N+](=O)[O-])ccc2N2CCOCC2)CC1. The van der Waals surface area contributed by atoms with Crippen LogP contribution in [0, 0.1) is 24.0 Å². The molecule has 2 aromatic rings. The van der Waals surface area contributed by atoms with E-state index >= 15 is 0 Å². The molecule has 10 nitrogen and oxygen atoms in total. The number of anilines is 2. The minimum Gasteiger partial charge on any atom is -0.378 e. The molecular formula is C25H31N5O5. The number of nitro benzene ring substituents is 1. The average Bonchev–Trinajstić information content (AvgIpc) is 2.86. The van der Waals surface area contributed by atoms with Gasteiger partial charge in [-0.05, 0) is 31.0 Å². The van der Waals surface area contributed by atoms with Crippen LogP contribution in [0.1, 0.15) is 21.5 Å². The molecule has 0 aromatic heterocycles. The molecule has 4 rings (SSSR count). The van der Waals surface area contributed by atoms with Crippen LogP contribution in [-0.2, 0) is 9.53 Å². The smallest absolute Gasteiger partial charge is 0.270 e. The van der Waals surface area contributed by atoms with Gasteiger partial charge >= 0.3 is 0 Å². The number of piperazine rings is 1. The van der Waals surface area contributed by atoms with Crippen LogP contribution in [-0.4, -0.2) is 85.6 Å². The van der Waals surface area contributed by atoms with Crippen molar-refractivity contribution in [3.8, 4) is 0 Å². The maximum Gasteiger partial charge on any atom is 0.270 e.